The lowest BCUT2D eigenvalue weighted by molar-refractivity contribution is -0.232. The summed E-state index contributed by atoms with van der Waals surface area (Å²) in [5.74, 6) is -1.76. The molecule has 0 spiro atoms. The van der Waals surface area contributed by atoms with E-state index in [-0.39, 0.29) is 24.1 Å². The van der Waals surface area contributed by atoms with Gasteiger partial charge in [-0.1, -0.05) is 29.8 Å². The third-order valence-electron chi connectivity index (χ3n) is 5.66. The van der Waals surface area contributed by atoms with Crippen LogP contribution in [0.4, 0.5) is 0 Å². The number of aliphatic hydroxyl groups excluding tert-OH is 4. The van der Waals surface area contributed by atoms with Gasteiger partial charge in [0.2, 0.25) is 0 Å². The quantitative estimate of drug-likeness (QED) is 0.332. The lowest BCUT2D eigenvalue weighted by Crippen LogP contribution is -2.55. The molecule has 0 saturated carbocycles. The number of aliphatic hydroxyl groups is 4. The lowest BCUT2D eigenvalue weighted by atomic mass is 9.87. The largest absolute Gasteiger partial charge is 0.507 e. The first-order chi connectivity index (χ1) is 15.2. The van der Waals surface area contributed by atoms with Crippen LogP contribution in [0.2, 0.25) is 0 Å². The van der Waals surface area contributed by atoms with Crippen molar-refractivity contribution in [1.29, 1.82) is 0 Å². The van der Waals surface area contributed by atoms with Crippen molar-refractivity contribution in [3.63, 3.8) is 0 Å². The Hall–Kier alpha value is -2.69. The highest BCUT2D eigenvalue weighted by Gasteiger charge is 2.45. The van der Waals surface area contributed by atoms with Gasteiger partial charge in [-0.15, -0.1) is 0 Å². The number of carbonyl (C=O) groups excluding carboxylic acids is 1. The van der Waals surface area contributed by atoms with E-state index in [4.69, 9.17) is 4.74 Å². The highest BCUT2D eigenvalue weighted by molar-refractivity contribution is 6.00. The van der Waals surface area contributed by atoms with Crippen LogP contribution in [-0.2, 0) is 11.2 Å². The van der Waals surface area contributed by atoms with E-state index in [2.05, 4.69) is 5.32 Å². The zero-order valence-corrected chi connectivity index (χ0v) is 17.9. The van der Waals surface area contributed by atoms with Crippen molar-refractivity contribution in [2.45, 2.75) is 50.8 Å². The van der Waals surface area contributed by atoms with E-state index in [1.165, 1.54) is 6.07 Å². The van der Waals surface area contributed by atoms with Crippen molar-refractivity contribution in [2.75, 3.05) is 13.2 Å². The predicted molar refractivity (Wildman–Crippen MR) is 114 cm³/mol. The van der Waals surface area contributed by atoms with Crippen molar-refractivity contribution >= 4 is 5.91 Å². The minimum atomic E-state index is -1.66. The molecule has 1 saturated heterocycles. The van der Waals surface area contributed by atoms with Crippen LogP contribution < -0.4 is 5.32 Å². The number of ether oxygens (including phenoxy) is 1. The van der Waals surface area contributed by atoms with Gasteiger partial charge in [0.25, 0.3) is 5.91 Å². The van der Waals surface area contributed by atoms with Crippen molar-refractivity contribution in [3.8, 4) is 11.5 Å². The molecule has 1 amide bonds. The average molecular weight is 447 g/mol. The Morgan fingerprint density at radius 3 is 2.28 bits per heavy atom. The fourth-order valence-corrected chi connectivity index (χ4v) is 3.84. The number of hydrogen-bond acceptors (Lipinski definition) is 8. The van der Waals surface area contributed by atoms with Gasteiger partial charge in [-0.05, 0) is 31.0 Å². The Labute approximate surface area is 185 Å². The third kappa shape index (κ3) is 4.57. The van der Waals surface area contributed by atoms with Gasteiger partial charge in [-0.25, -0.2) is 0 Å². The van der Waals surface area contributed by atoms with Gasteiger partial charge in [-0.3, -0.25) is 4.79 Å². The van der Waals surface area contributed by atoms with Crippen LogP contribution in [0.5, 0.6) is 11.5 Å². The number of hydrogen-bond donors (Lipinski definition) is 7. The molecule has 3 rings (SSSR count). The number of phenols is 2. The molecule has 5 unspecified atom stereocenters. The molecule has 0 aliphatic carbocycles. The number of amides is 1. The molecule has 0 aromatic heterocycles. The van der Waals surface area contributed by atoms with E-state index >= 15 is 0 Å². The maximum Gasteiger partial charge on any atom is 0.258 e. The lowest BCUT2D eigenvalue weighted by Gasteiger charge is -2.40. The van der Waals surface area contributed by atoms with Crippen LogP contribution in [-0.4, -0.2) is 74.1 Å². The Bertz CT molecular complexity index is 959. The zero-order chi connectivity index (χ0) is 23.6. The maximum absolute atomic E-state index is 12.6. The summed E-state index contributed by atoms with van der Waals surface area (Å²) < 4.78 is 5.57. The SMILES string of the molecule is CCNC(=O)c1c(O)c(Cc2ccc(C)cc2)cc(C2OC(CO)C(O)C(O)C2O)c1O. The minimum absolute atomic E-state index is 0.0527. The summed E-state index contributed by atoms with van der Waals surface area (Å²) in [6.45, 7) is 3.22. The standard InChI is InChI=1S/C23H29NO8/c1-3-24-23(31)16-17(26)13(8-12-6-4-11(2)5-7-12)9-14(18(16)27)22-21(30)20(29)19(28)15(10-25)32-22/h4-7,9,15,19-22,25-30H,3,8,10H2,1-2H3,(H,24,31). The third-order valence-corrected chi connectivity index (χ3v) is 5.66. The zero-order valence-electron chi connectivity index (χ0n) is 17.9. The fourth-order valence-electron chi connectivity index (χ4n) is 3.84. The van der Waals surface area contributed by atoms with Crippen LogP contribution in [0.15, 0.2) is 30.3 Å². The first kappa shape index (κ1) is 24.0. The molecule has 174 valence electrons. The highest BCUT2D eigenvalue weighted by atomic mass is 16.5. The van der Waals surface area contributed by atoms with Crippen molar-refractivity contribution in [1.82, 2.24) is 5.32 Å². The second-order valence-corrected chi connectivity index (χ2v) is 7.97. The van der Waals surface area contributed by atoms with Crippen molar-refractivity contribution < 1.29 is 40.2 Å². The van der Waals surface area contributed by atoms with E-state index < -0.39 is 54.5 Å². The molecule has 9 nitrogen and oxygen atoms in total. The molecule has 9 heteroatoms. The number of aromatic hydroxyl groups is 2. The first-order valence-electron chi connectivity index (χ1n) is 10.4. The van der Waals surface area contributed by atoms with Gasteiger partial charge in [0, 0.05) is 18.5 Å². The van der Waals surface area contributed by atoms with Crippen molar-refractivity contribution in [2.24, 2.45) is 0 Å². The van der Waals surface area contributed by atoms with Gasteiger partial charge in [-0.2, -0.15) is 0 Å². The summed E-state index contributed by atoms with van der Waals surface area (Å²) in [5.41, 5.74) is 1.73. The summed E-state index contributed by atoms with van der Waals surface area (Å²) in [7, 11) is 0. The molecular formula is C23H29NO8. The fraction of sp³-hybridized carbons (Fsp3) is 0.435. The van der Waals surface area contributed by atoms with E-state index in [1.54, 1.807) is 6.92 Å². The molecule has 2 aromatic rings. The molecule has 1 fully saturated rings. The minimum Gasteiger partial charge on any atom is -0.507 e. The van der Waals surface area contributed by atoms with Gasteiger partial charge in [0.05, 0.1) is 6.61 Å². The second kappa shape index (κ2) is 9.85. The summed E-state index contributed by atoms with van der Waals surface area (Å²) >= 11 is 0. The topological polar surface area (TPSA) is 160 Å². The van der Waals surface area contributed by atoms with Crippen LogP contribution in [0.1, 0.15) is 45.6 Å². The Kier molecular flexibility index (Phi) is 7.37. The maximum atomic E-state index is 12.6. The van der Waals surface area contributed by atoms with E-state index in [0.29, 0.717) is 5.56 Å². The Morgan fingerprint density at radius 2 is 1.69 bits per heavy atom. The van der Waals surface area contributed by atoms with Crippen LogP contribution in [0, 0.1) is 6.92 Å². The molecule has 1 aliphatic heterocycles. The average Bonchev–Trinajstić information content (AvgIpc) is 2.76. The smallest absolute Gasteiger partial charge is 0.258 e. The number of benzene rings is 2. The number of phenolic OH excluding ortho intramolecular Hbond substituents is 2. The molecule has 0 radical (unpaired) electrons. The van der Waals surface area contributed by atoms with Crippen LogP contribution in [0.25, 0.3) is 0 Å². The summed E-state index contributed by atoms with van der Waals surface area (Å²) in [5, 5.41) is 64.4. The Morgan fingerprint density at radius 1 is 1.03 bits per heavy atom. The highest BCUT2D eigenvalue weighted by Crippen LogP contribution is 2.43. The molecule has 32 heavy (non-hydrogen) atoms. The summed E-state index contributed by atoms with van der Waals surface area (Å²) in [6.07, 6.45) is -7.23. The molecule has 5 atom stereocenters. The molecule has 0 bridgehead atoms. The van der Waals surface area contributed by atoms with Crippen LogP contribution >= 0.6 is 0 Å². The number of rotatable bonds is 6. The second-order valence-electron chi connectivity index (χ2n) is 7.97. The summed E-state index contributed by atoms with van der Waals surface area (Å²) in [6, 6.07) is 8.91. The monoisotopic (exact) mass is 447 g/mol. The first-order valence-corrected chi connectivity index (χ1v) is 10.4. The van der Waals surface area contributed by atoms with E-state index in [1.807, 2.05) is 31.2 Å². The van der Waals surface area contributed by atoms with E-state index in [9.17, 15) is 35.4 Å². The number of aryl methyl sites for hydroxylation is 1. The van der Waals surface area contributed by atoms with Gasteiger partial charge in [0.1, 0.15) is 47.6 Å². The van der Waals surface area contributed by atoms with E-state index in [0.717, 1.165) is 11.1 Å². The number of nitrogens with one attached hydrogen (secondary N) is 1. The molecule has 2 aromatic carbocycles. The van der Waals surface area contributed by atoms with Gasteiger partial charge in [0.15, 0.2) is 0 Å². The predicted octanol–water partition coefficient (Wildman–Crippen LogP) is 0.262. The number of carbonyl (C=O) groups is 1. The Balaban J connectivity index is 2.13. The molecule has 1 heterocycles. The molecule has 1 aliphatic rings. The molecular weight excluding hydrogens is 418 g/mol. The van der Waals surface area contributed by atoms with Gasteiger partial charge < -0.3 is 40.7 Å². The molecule has 7 N–H and O–H groups in total. The van der Waals surface area contributed by atoms with Crippen LogP contribution in [0.3, 0.4) is 0 Å². The summed E-state index contributed by atoms with van der Waals surface area (Å²) in [4.78, 5) is 12.6. The van der Waals surface area contributed by atoms with Crippen molar-refractivity contribution in [3.05, 3.63) is 58.1 Å². The normalized spacial score (nSPS) is 25.5. The van der Waals surface area contributed by atoms with Gasteiger partial charge >= 0.3 is 0 Å².